The second kappa shape index (κ2) is 5.96. The first-order valence-corrected chi connectivity index (χ1v) is 6.46. The number of hydrogen-bond acceptors (Lipinski definition) is 4. The van der Waals surface area contributed by atoms with Gasteiger partial charge in [0, 0.05) is 6.61 Å². The van der Waals surface area contributed by atoms with Crippen LogP contribution in [0, 0.1) is 0 Å². The third-order valence-corrected chi connectivity index (χ3v) is 2.84. The van der Waals surface area contributed by atoms with Crippen molar-refractivity contribution in [1.82, 2.24) is 0 Å². The molecule has 1 aliphatic rings. The SMILES string of the molecule is CC(C)Oc1cccc(OCC2CCCO2)c1N. The van der Waals surface area contributed by atoms with E-state index in [1.807, 2.05) is 32.0 Å². The number of para-hydroxylation sites is 1. The maximum atomic E-state index is 6.03. The summed E-state index contributed by atoms with van der Waals surface area (Å²) in [5, 5.41) is 0. The van der Waals surface area contributed by atoms with Crippen LogP contribution in [0.4, 0.5) is 5.69 Å². The van der Waals surface area contributed by atoms with E-state index in [1.165, 1.54) is 0 Å². The molecule has 2 N–H and O–H groups in total. The topological polar surface area (TPSA) is 53.7 Å². The lowest BCUT2D eigenvalue weighted by Crippen LogP contribution is -2.17. The highest BCUT2D eigenvalue weighted by Gasteiger charge is 2.17. The predicted octanol–water partition coefficient (Wildman–Crippen LogP) is 2.61. The summed E-state index contributed by atoms with van der Waals surface area (Å²) in [4.78, 5) is 0. The molecule has 1 unspecified atom stereocenters. The van der Waals surface area contributed by atoms with Gasteiger partial charge in [0.1, 0.15) is 23.8 Å². The number of nitrogens with two attached hydrogens (primary N) is 1. The first kappa shape index (κ1) is 13.0. The first-order valence-electron chi connectivity index (χ1n) is 6.46. The largest absolute Gasteiger partial charge is 0.489 e. The number of benzene rings is 1. The Morgan fingerprint density at radius 1 is 1.39 bits per heavy atom. The Morgan fingerprint density at radius 3 is 2.83 bits per heavy atom. The Morgan fingerprint density at radius 2 is 2.17 bits per heavy atom. The van der Waals surface area contributed by atoms with Crippen LogP contribution in [0.2, 0.25) is 0 Å². The molecule has 0 amide bonds. The zero-order valence-corrected chi connectivity index (χ0v) is 11.0. The van der Waals surface area contributed by atoms with E-state index in [4.69, 9.17) is 19.9 Å². The maximum Gasteiger partial charge on any atom is 0.146 e. The molecule has 0 aliphatic carbocycles. The smallest absolute Gasteiger partial charge is 0.146 e. The van der Waals surface area contributed by atoms with Gasteiger partial charge in [-0.2, -0.15) is 0 Å². The van der Waals surface area contributed by atoms with E-state index in [1.54, 1.807) is 0 Å². The lowest BCUT2D eigenvalue weighted by Gasteiger charge is -2.16. The maximum absolute atomic E-state index is 6.03. The number of anilines is 1. The van der Waals surface area contributed by atoms with Gasteiger partial charge >= 0.3 is 0 Å². The van der Waals surface area contributed by atoms with Crippen LogP contribution in [-0.4, -0.2) is 25.4 Å². The molecule has 2 rings (SSSR count). The molecule has 0 spiro atoms. The van der Waals surface area contributed by atoms with Crippen LogP contribution in [-0.2, 0) is 4.74 Å². The lowest BCUT2D eigenvalue weighted by molar-refractivity contribution is 0.0681. The van der Waals surface area contributed by atoms with Crippen molar-refractivity contribution in [2.75, 3.05) is 18.9 Å². The monoisotopic (exact) mass is 251 g/mol. The van der Waals surface area contributed by atoms with E-state index in [0.29, 0.717) is 23.8 Å². The van der Waals surface area contributed by atoms with Crippen molar-refractivity contribution in [3.05, 3.63) is 18.2 Å². The summed E-state index contributed by atoms with van der Waals surface area (Å²) >= 11 is 0. The molecule has 4 heteroatoms. The Labute approximate surface area is 108 Å². The zero-order valence-electron chi connectivity index (χ0n) is 11.0. The highest BCUT2D eigenvalue weighted by molar-refractivity contribution is 5.62. The summed E-state index contributed by atoms with van der Waals surface area (Å²) in [6, 6.07) is 5.60. The molecular weight excluding hydrogens is 230 g/mol. The Hall–Kier alpha value is -1.42. The van der Waals surface area contributed by atoms with E-state index in [-0.39, 0.29) is 12.2 Å². The van der Waals surface area contributed by atoms with Gasteiger partial charge in [0.15, 0.2) is 0 Å². The van der Waals surface area contributed by atoms with E-state index >= 15 is 0 Å². The average molecular weight is 251 g/mol. The van der Waals surface area contributed by atoms with Crippen molar-refractivity contribution in [2.45, 2.75) is 38.9 Å². The van der Waals surface area contributed by atoms with Gasteiger partial charge < -0.3 is 19.9 Å². The Bertz CT molecular complexity index is 387. The van der Waals surface area contributed by atoms with Gasteiger partial charge in [0.2, 0.25) is 0 Å². The van der Waals surface area contributed by atoms with Gasteiger partial charge in [-0.05, 0) is 38.8 Å². The predicted molar refractivity (Wildman–Crippen MR) is 71.1 cm³/mol. The normalized spacial score (nSPS) is 19.2. The van der Waals surface area contributed by atoms with Crippen molar-refractivity contribution in [2.24, 2.45) is 0 Å². The number of nitrogen functional groups attached to an aromatic ring is 1. The van der Waals surface area contributed by atoms with Gasteiger partial charge in [-0.1, -0.05) is 6.07 Å². The fourth-order valence-electron chi connectivity index (χ4n) is 1.96. The second-order valence-electron chi connectivity index (χ2n) is 4.78. The molecule has 1 aromatic carbocycles. The van der Waals surface area contributed by atoms with Gasteiger partial charge in [0.25, 0.3) is 0 Å². The molecule has 0 aromatic heterocycles. The molecule has 1 fully saturated rings. The van der Waals surface area contributed by atoms with E-state index in [9.17, 15) is 0 Å². The van der Waals surface area contributed by atoms with Crippen LogP contribution >= 0.6 is 0 Å². The first-order chi connectivity index (χ1) is 8.66. The van der Waals surface area contributed by atoms with Crippen LogP contribution in [0.5, 0.6) is 11.5 Å². The fraction of sp³-hybridized carbons (Fsp3) is 0.571. The molecule has 1 heterocycles. The van der Waals surface area contributed by atoms with Crippen molar-refractivity contribution in [3.63, 3.8) is 0 Å². The summed E-state index contributed by atoms with van der Waals surface area (Å²) in [5.41, 5.74) is 6.58. The van der Waals surface area contributed by atoms with Crippen molar-refractivity contribution < 1.29 is 14.2 Å². The molecule has 4 nitrogen and oxygen atoms in total. The Balaban J connectivity index is 1.98. The molecule has 1 aliphatic heterocycles. The van der Waals surface area contributed by atoms with Gasteiger partial charge in [-0.25, -0.2) is 0 Å². The summed E-state index contributed by atoms with van der Waals surface area (Å²) in [5.74, 6) is 1.35. The Kier molecular flexibility index (Phi) is 4.31. The highest BCUT2D eigenvalue weighted by atomic mass is 16.5. The van der Waals surface area contributed by atoms with E-state index in [2.05, 4.69) is 0 Å². The number of hydrogen-bond donors (Lipinski definition) is 1. The average Bonchev–Trinajstić information content (AvgIpc) is 2.83. The van der Waals surface area contributed by atoms with Crippen molar-refractivity contribution >= 4 is 5.69 Å². The van der Waals surface area contributed by atoms with Gasteiger partial charge in [-0.15, -0.1) is 0 Å². The minimum Gasteiger partial charge on any atom is -0.489 e. The van der Waals surface area contributed by atoms with E-state index < -0.39 is 0 Å². The van der Waals surface area contributed by atoms with Gasteiger partial charge in [-0.3, -0.25) is 0 Å². The highest BCUT2D eigenvalue weighted by Crippen LogP contribution is 2.32. The standard InChI is InChI=1S/C14H21NO3/c1-10(2)18-13-7-3-6-12(14(13)15)17-9-11-5-4-8-16-11/h3,6-7,10-11H,4-5,8-9,15H2,1-2H3. The number of ether oxygens (including phenoxy) is 3. The quantitative estimate of drug-likeness (QED) is 0.817. The molecule has 0 radical (unpaired) electrons. The van der Waals surface area contributed by atoms with Crippen LogP contribution in [0.25, 0.3) is 0 Å². The minimum atomic E-state index is 0.0979. The molecule has 1 saturated heterocycles. The summed E-state index contributed by atoms with van der Waals surface area (Å²) in [7, 11) is 0. The van der Waals surface area contributed by atoms with Crippen LogP contribution in [0.15, 0.2) is 18.2 Å². The van der Waals surface area contributed by atoms with Crippen LogP contribution in [0.1, 0.15) is 26.7 Å². The van der Waals surface area contributed by atoms with Crippen LogP contribution < -0.4 is 15.2 Å². The van der Waals surface area contributed by atoms with Crippen molar-refractivity contribution in [1.29, 1.82) is 0 Å². The minimum absolute atomic E-state index is 0.0979. The van der Waals surface area contributed by atoms with Gasteiger partial charge in [0.05, 0.1) is 12.2 Å². The number of rotatable bonds is 5. The lowest BCUT2D eigenvalue weighted by atomic mass is 10.2. The summed E-state index contributed by atoms with van der Waals surface area (Å²) in [6.45, 7) is 5.33. The third kappa shape index (κ3) is 3.29. The zero-order chi connectivity index (χ0) is 13.0. The molecule has 0 bridgehead atoms. The third-order valence-electron chi connectivity index (χ3n) is 2.84. The summed E-state index contributed by atoms with van der Waals surface area (Å²) in [6.07, 6.45) is 2.46. The van der Waals surface area contributed by atoms with Crippen molar-refractivity contribution in [3.8, 4) is 11.5 Å². The van der Waals surface area contributed by atoms with Crippen LogP contribution in [0.3, 0.4) is 0 Å². The molecule has 18 heavy (non-hydrogen) atoms. The molecule has 100 valence electrons. The van der Waals surface area contributed by atoms with E-state index in [0.717, 1.165) is 19.4 Å². The fourth-order valence-corrected chi connectivity index (χ4v) is 1.96. The second-order valence-corrected chi connectivity index (χ2v) is 4.78. The molecule has 1 aromatic rings. The molecular formula is C14H21NO3. The summed E-state index contributed by atoms with van der Waals surface area (Å²) < 4.78 is 16.8. The molecule has 1 atom stereocenters. The molecule has 0 saturated carbocycles.